The topological polar surface area (TPSA) is 24.9 Å². The molecule has 2 aromatic carbocycles. The zero-order valence-electron chi connectivity index (χ0n) is 8.55. The molecular weight excluding hydrogens is 263 g/mol. The number of rotatable bonds is 2. The van der Waals surface area contributed by atoms with Crippen molar-refractivity contribution in [3.63, 3.8) is 0 Å². The molecule has 0 amide bonds. The predicted octanol–water partition coefficient (Wildman–Crippen LogP) is 3.04. The molecule has 0 fully saturated rings. The second-order valence-corrected chi connectivity index (χ2v) is 5.64. The van der Waals surface area contributed by atoms with Gasteiger partial charge in [0.25, 0.3) is 0 Å². The molecule has 1 aromatic heterocycles. The fraction of sp³-hybridized carbons (Fsp3) is 0. The number of nitrogens with one attached hydrogen (secondary N) is 1. The molecule has 3 rings (SSSR count). The molecule has 0 aliphatic heterocycles. The summed E-state index contributed by atoms with van der Waals surface area (Å²) in [6, 6.07) is 18.5. The normalized spacial score (nSPS) is 10.5. The number of benzene rings is 2. The third-order valence-electron chi connectivity index (χ3n) is 2.32. The number of anilines is 2. The van der Waals surface area contributed by atoms with Crippen molar-refractivity contribution < 1.29 is 0 Å². The molecule has 0 aliphatic rings. The Labute approximate surface area is 99.7 Å². The zero-order chi connectivity index (χ0) is 10.8. The maximum atomic E-state index is 4.58. The van der Waals surface area contributed by atoms with Gasteiger partial charge in [-0.15, -0.1) is 0 Å². The summed E-state index contributed by atoms with van der Waals surface area (Å²) in [7, 11) is 0. The maximum absolute atomic E-state index is 4.58. The molecule has 3 heteroatoms. The molecule has 0 spiro atoms. The van der Waals surface area contributed by atoms with E-state index in [4.69, 9.17) is 0 Å². The first-order chi connectivity index (χ1) is 7.92. The van der Waals surface area contributed by atoms with E-state index in [1.807, 2.05) is 24.3 Å². The molecule has 0 saturated heterocycles. The second-order valence-electron chi connectivity index (χ2n) is 3.48. The summed E-state index contributed by atoms with van der Waals surface area (Å²) >= 11 is 0.312. The van der Waals surface area contributed by atoms with Gasteiger partial charge in [-0.1, -0.05) is 0 Å². The molecule has 0 bridgehead atoms. The average molecular weight is 273 g/mol. The quantitative estimate of drug-likeness (QED) is 0.726. The molecular formula is C13H10N2Se. The van der Waals surface area contributed by atoms with Gasteiger partial charge in [0.05, 0.1) is 0 Å². The summed E-state index contributed by atoms with van der Waals surface area (Å²) in [6.07, 6.45) is 0. The zero-order valence-corrected chi connectivity index (χ0v) is 10.3. The van der Waals surface area contributed by atoms with Gasteiger partial charge >= 0.3 is 99.6 Å². The van der Waals surface area contributed by atoms with Crippen LogP contribution < -0.4 is 5.32 Å². The van der Waals surface area contributed by atoms with Gasteiger partial charge in [0.2, 0.25) is 0 Å². The van der Waals surface area contributed by atoms with E-state index in [0.717, 1.165) is 15.9 Å². The van der Waals surface area contributed by atoms with Gasteiger partial charge in [-0.3, -0.25) is 0 Å². The van der Waals surface area contributed by atoms with E-state index in [9.17, 15) is 0 Å². The Morgan fingerprint density at radius 1 is 0.875 bits per heavy atom. The van der Waals surface area contributed by atoms with Gasteiger partial charge in [0.15, 0.2) is 0 Å². The van der Waals surface area contributed by atoms with Crippen LogP contribution in [-0.4, -0.2) is 19.5 Å². The van der Waals surface area contributed by atoms with Gasteiger partial charge < -0.3 is 0 Å². The van der Waals surface area contributed by atoms with Crippen molar-refractivity contribution in [2.24, 2.45) is 0 Å². The monoisotopic (exact) mass is 274 g/mol. The number of aromatic nitrogens is 1. The van der Waals surface area contributed by atoms with Crippen LogP contribution in [-0.2, 0) is 0 Å². The van der Waals surface area contributed by atoms with Crippen LogP contribution in [0.2, 0.25) is 0 Å². The van der Waals surface area contributed by atoms with Crippen molar-refractivity contribution in [2.75, 3.05) is 5.32 Å². The molecule has 2 nitrogen and oxygen atoms in total. The van der Waals surface area contributed by atoms with E-state index in [2.05, 4.69) is 40.6 Å². The minimum atomic E-state index is 0.312. The van der Waals surface area contributed by atoms with Crippen molar-refractivity contribution in [1.82, 2.24) is 4.98 Å². The number of nitrogens with zero attached hydrogens (tertiary/aromatic N) is 1. The fourth-order valence-corrected chi connectivity index (χ4v) is 3.43. The fourth-order valence-electron chi connectivity index (χ4n) is 1.57. The molecule has 16 heavy (non-hydrogen) atoms. The van der Waals surface area contributed by atoms with Crippen molar-refractivity contribution in [3.8, 4) is 0 Å². The van der Waals surface area contributed by atoms with Crippen LogP contribution in [0.3, 0.4) is 0 Å². The van der Waals surface area contributed by atoms with E-state index in [1.165, 1.54) is 4.26 Å². The van der Waals surface area contributed by atoms with E-state index < -0.39 is 0 Å². The Bertz CT molecular complexity index is 568. The van der Waals surface area contributed by atoms with Gasteiger partial charge in [-0.05, 0) is 0 Å². The molecule has 78 valence electrons. The summed E-state index contributed by atoms with van der Waals surface area (Å²) in [5.41, 5.74) is 2.22. The number of fused-ring (bicyclic) bond motifs is 1. The van der Waals surface area contributed by atoms with Gasteiger partial charge in [-0.2, -0.15) is 0 Å². The van der Waals surface area contributed by atoms with Crippen molar-refractivity contribution in [1.29, 1.82) is 0 Å². The molecule has 0 aliphatic carbocycles. The van der Waals surface area contributed by atoms with Gasteiger partial charge in [-0.25, -0.2) is 0 Å². The van der Waals surface area contributed by atoms with E-state index in [1.54, 1.807) is 0 Å². The molecule has 1 N–H and O–H groups in total. The summed E-state index contributed by atoms with van der Waals surface area (Å²) < 4.78 is 2.44. The van der Waals surface area contributed by atoms with Gasteiger partial charge in [0, 0.05) is 0 Å². The molecule has 0 saturated carbocycles. The first-order valence-corrected chi connectivity index (χ1v) is 6.81. The molecule has 0 unspecified atom stereocenters. The summed E-state index contributed by atoms with van der Waals surface area (Å²) in [5, 5.41) is 3.37. The second kappa shape index (κ2) is 4.12. The summed E-state index contributed by atoms with van der Waals surface area (Å²) in [4.78, 5) is 4.58. The van der Waals surface area contributed by atoms with Crippen LogP contribution in [0.1, 0.15) is 0 Å². The first kappa shape index (κ1) is 9.64. The van der Waals surface area contributed by atoms with Crippen LogP contribution in [0.25, 0.3) is 9.78 Å². The predicted molar refractivity (Wildman–Crippen MR) is 68.4 cm³/mol. The SMILES string of the molecule is c1ccc(Nc2nc3ccccc3[se]2)cc1. The Morgan fingerprint density at radius 3 is 2.44 bits per heavy atom. The third kappa shape index (κ3) is 1.87. The number of hydrogen-bond acceptors (Lipinski definition) is 2. The third-order valence-corrected chi connectivity index (χ3v) is 4.32. The Balaban J connectivity index is 1.95. The first-order valence-electron chi connectivity index (χ1n) is 5.09. The van der Waals surface area contributed by atoms with Crippen LogP contribution in [0, 0.1) is 0 Å². The van der Waals surface area contributed by atoms with E-state index in [0.29, 0.717) is 14.5 Å². The van der Waals surface area contributed by atoms with Crippen molar-refractivity contribution in [3.05, 3.63) is 54.6 Å². The van der Waals surface area contributed by atoms with Crippen LogP contribution in [0.4, 0.5) is 10.4 Å². The number of para-hydroxylation sites is 2. The molecule has 3 aromatic rings. The standard InChI is InChI=1S/C13H10N2Se/c1-2-6-10(7-3-1)14-13-15-11-8-4-5-9-12(11)16-13/h1-9H,(H,14,15). The van der Waals surface area contributed by atoms with Crippen LogP contribution in [0.15, 0.2) is 54.6 Å². The van der Waals surface area contributed by atoms with Crippen LogP contribution >= 0.6 is 0 Å². The summed E-state index contributed by atoms with van der Waals surface area (Å²) in [6.45, 7) is 0. The van der Waals surface area contributed by atoms with Crippen molar-refractivity contribution >= 4 is 34.7 Å². The average Bonchev–Trinajstić information content (AvgIpc) is 2.72. The van der Waals surface area contributed by atoms with Crippen LogP contribution in [0.5, 0.6) is 0 Å². The molecule has 1 heterocycles. The van der Waals surface area contributed by atoms with E-state index in [-0.39, 0.29) is 0 Å². The van der Waals surface area contributed by atoms with E-state index >= 15 is 0 Å². The van der Waals surface area contributed by atoms with Crippen molar-refractivity contribution in [2.45, 2.75) is 0 Å². The summed E-state index contributed by atoms with van der Waals surface area (Å²) in [5.74, 6) is 0. The Hall–Kier alpha value is -1.57. The Morgan fingerprint density at radius 2 is 1.62 bits per heavy atom. The number of hydrogen-bond donors (Lipinski definition) is 1. The van der Waals surface area contributed by atoms with Gasteiger partial charge in [0.1, 0.15) is 0 Å². The Kier molecular flexibility index (Phi) is 2.49. The molecule has 0 atom stereocenters. The minimum absolute atomic E-state index is 0.312. The molecule has 0 radical (unpaired) electrons.